The number of aromatic amines is 1. The minimum Gasteiger partial charge on any atom is -0.356 e. The Labute approximate surface area is 115 Å². The lowest BCUT2D eigenvalue weighted by Gasteiger charge is -2.15. The number of hydrogen-bond donors (Lipinski definition) is 1. The minimum atomic E-state index is 0.855. The summed E-state index contributed by atoms with van der Waals surface area (Å²) in [5.41, 5.74) is 4.98. The maximum atomic E-state index is 11.2. The lowest BCUT2D eigenvalue weighted by atomic mass is 9.92. The Kier molecular flexibility index (Phi) is 4.02. The fourth-order valence-electron chi connectivity index (χ4n) is 3.65. The van der Waals surface area contributed by atoms with Crippen LogP contribution < -0.4 is 0 Å². The summed E-state index contributed by atoms with van der Waals surface area (Å²) >= 11 is 0. The third-order valence-corrected chi connectivity index (χ3v) is 4.66. The highest BCUT2D eigenvalue weighted by molar-refractivity contribution is 5.76. The van der Waals surface area contributed by atoms with E-state index in [9.17, 15) is 4.79 Å². The van der Waals surface area contributed by atoms with Crippen LogP contribution in [0, 0.1) is 0 Å². The van der Waals surface area contributed by atoms with Crippen molar-refractivity contribution in [2.45, 2.75) is 51.4 Å². The molecule has 1 saturated heterocycles. The number of carbonyl (C=O) groups is 1. The third-order valence-electron chi connectivity index (χ3n) is 4.66. The summed E-state index contributed by atoms with van der Waals surface area (Å²) in [6.45, 7) is 3.73. The van der Waals surface area contributed by atoms with Gasteiger partial charge in [0, 0.05) is 5.69 Å². The van der Waals surface area contributed by atoms with Crippen molar-refractivity contribution in [1.29, 1.82) is 0 Å². The van der Waals surface area contributed by atoms with Crippen molar-refractivity contribution in [2.24, 2.45) is 0 Å². The number of fused-ring (bicyclic) bond motifs is 1. The lowest BCUT2D eigenvalue weighted by Crippen LogP contribution is -2.21. The molecule has 1 aliphatic heterocycles. The summed E-state index contributed by atoms with van der Waals surface area (Å²) in [4.78, 5) is 17.1. The van der Waals surface area contributed by atoms with Crippen LogP contribution in [0.3, 0.4) is 0 Å². The molecule has 2 heterocycles. The second-order valence-electron chi connectivity index (χ2n) is 5.95. The van der Waals surface area contributed by atoms with Crippen LogP contribution in [0.5, 0.6) is 0 Å². The topological polar surface area (TPSA) is 36.1 Å². The van der Waals surface area contributed by atoms with Gasteiger partial charge in [-0.25, -0.2) is 0 Å². The molecule has 0 amide bonds. The predicted octanol–water partition coefficient (Wildman–Crippen LogP) is 2.73. The zero-order valence-corrected chi connectivity index (χ0v) is 11.7. The molecule has 0 atom stereocenters. The van der Waals surface area contributed by atoms with Crippen LogP contribution in [-0.4, -0.2) is 35.8 Å². The summed E-state index contributed by atoms with van der Waals surface area (Å²) in [6, 6.07) is 0. The van der Waals surface area contributed by atoms with Gasteiger partial charge in [-0.15, -0.1) is 0 Å². The van der Waals surface area contributed by atoms with Gasteiger partial charge >= 0.3 is 0 Å². The van der Waals surface area contributed by atoms with E-state index in [1.807, 2.05) is 0 Å². The lowest BCUT2D eigenvalue weighted by molar-refractivity contribution is 0.111. The molecule has 0 unspecified atom stereocenters. The number of aryl methyl sites for hydroxylation is 1. The molecule has 1 aromatic rings. The second kappa shape index (κ2) is 5.91. The molecule has 0 spiro atoms. The van der Waals surface area contributed by atoms with Crippen molar-refractivity contribution in [3.8, 4) is 0 Å². The quantitative estimate of drug-likeness (QED) is 0.826. The van der Waals surface area contributed by atoms with Crippen LogP contribution in [0.25, 0.3) is 0 Å². The first-order valence-electron chi connectivity index (χ1n) is 7.78. The standard InChI is InChI=1S/C16H24N2O/c19-12-16-14(7-5-11-18-9-3-4-10-18)13-6-1-2-8-15(13)17-16/h12,17H,1-11H2. The molecule has 2 aliphatic rings. The van der Waals surface area contributed by atoms with Gasteiger partial charge in [0.1, 0.15) is 0 Å². The Bertz CT molecular complexity index is 444. The first-order valence-corrected chi connectivity index (χ1v) is 7.78. The van der Waals surface area contributed by atoms with E-state index in [2.05, 4.69) is 9.88 Å². The first-order chi connectivity index (χ1) is 9.38. The van der Waals surface area contributed by atoms with Gasteiger partial charge in [-0.2, -0.15) is 0 Å². The molecule has 19 heavy (non-hydrogen) atoms. The predicted molar refractivity (Wildman–Crippen MR) is 76.8 cm³/mol. The molecular formula is C16H24N2O. The normalized spacial score (nSPS) is 19.6. The first kappa shape index (κ1) is 12.9. The number of hydrogen-bond acceptors (Lipinski definition) is 2. The molecule has 1 aliphatic carbocycles. The largest absolute Gasteiger partial charge is 0.356 e. The van der Waals surface area contributed by atoms with Crippen molar-refractivity contribution in [2.75, 3.05) is 19.6 Å². The molecule has 0 bridgehead atoms. The summed E-state index contributed by atoms with van der Waals surface area (Å²) in [5.74, 6) is 0. The highest BCUT2D eigenvalue weighted by atomic mass is 16.1. The van der Waals surface area contributed by atoms with Gasteiger partial charge in [-0.1, -0.05) is 0 Å². The monoisotopic (exact) mass is 260 g/mol. The van der Waals surface area contributed by atoms with Crippen molar-refractivity contribution < 1.29 is 4.79 Å². The maximum Gasteiger partial charge on any atom is 0.166 e. The molecule has 1 fully saturated rings. The summed E-state index contributed by atoms with van der Waals surface area (Å²) in [5, 5.41) is 0. The van der Waals surface area contributed by atoms with Gasteiger partial charge in [0.05, 0.1) is 5.69 Å². The smallest absolute Gasteiger partial charge is 0.166 e. The second-order valence-corrected chi connectivity index (χ2v) is 5.95. The Morgan fingerprint density at radius 2 is 1.89 bits per heavy atom. The van der Waals surface area contributed by atoms with E-state index in [0.29, 0.717) is 0 Å². The van der Waals surface area contributed by atoms with E-state index in [4.69, 9.17) is 0 Å². The Hall–Kier alpha value is -1.09. The Morgan fingerprint density at radius 3 is 2.68 bits per heavy atom. The van der Waals surface area contributed by atoms with Crippen molar-refractivity contribution in [1.82, 2.24) is 9.88 Å². The van der Waals surface area contributed by atoms with Gasteiger partial charge in [0.2, 0.25) is 0 Å². The summed E-state index contributed by atoms with van der Waals surface area (Å²) in [6.07, 6.45) is 10.8. The molecule has 1 aromatic heterocycles. The third kappa shape index (κ3) is 2.76. The molecule has 0 saturated carbocycles. The number of nitrogens with zero attached hydrogens (tertiary/aromatic N) is 1. The van der Waals surface area contributed by atoms with E-state index in [-0.39, 0.29) is 0 Å². The van der Waals surface area contributed by atoms with E-state index in [1.54, 1.807) is 0 Å². The molecule has 3 heteroatoms. The maximum absolute atomic E-state index is 11.2. The van der Waals surface area contributed by atoms with Crippen molar-refractivity contribution in [3.63, 3.8) is 0 Å². The van der Waals surface area contributed by atoms with Crippen LogP contribution in [0.15, 0.2) is 0 Å². The van der Waals surface area contributed by atoms with Crippen LogP contribution in [0.4, 0.5) is 0 Å². The van der Waals surface area contributed by atoms with Crippen LogP contribution in [0.1, 0.15) is 59.4 Å². The zero-order chi connectivity index (χ0) is 13.1. The van der Waals surface area contributed by atoms with Crippen molar-refractivity contribution in [3.05, 3.63) is 22.5 Å². The number of nitrogens with one attached hydrogen (secondary N) is 1. The number of H-pyrrole nitrogens is 1. The Balaban J connectivity index is 1.65. The molecule has 104 valence electrons. The minimum absolute atomic E-state index is 0.855. The molecule has 3 rings (SSSR count). The average molecular weight is 260 g/mol. The summed E-state index contributed by atoms with van der Waals surface area (Å²) < 4.78 is 0. The van der Waals surface area contributed by atoms with E-state index < -0.39 is 0 Å². The molecule has 1 N–H and O–H groups in total. The fraction of sp³-hybridized carbons (Fsp3) is 0.688. The van der Waals surface area contributed by atoms with Gasteiger partial charge < -0.3 is 9.88 Å². The van der Waals surface area contributed by atoms with E-state index >= 15 is 0 Å². The number of aldehydes is 1. The van der Waals surface area contributed by atoms with Crippen LogP contribution >= 0.6 is 0 Å². The zero-order valence-electron chi connectivity index (χ0n) is 11.7. The molecule has 0 aromatic carbocycles. The Morgan fingerprint density at radius 1 is 1.11 bits per heavy atom. The fourth-order valence-corrected chi connectivity index (χ4v) is 3.65. The highest BCUT2D eigenvalue weighted by Crippen LogP contribution is 2.27. The molecule has 3 nitrogen and oxygen atoms in total. The van der Waals surface area contributed by atoms with Gasteiger partial charge in [-0.05, 0) is 82.1 Å². The van der Waals surface area contributed by atoms with Crippen LogP contribution in [0.2, 0.25) is 0 Å². The molecule has 0 radical (unpaired) electrons. The summed E-state index contributed by atoms with van der Waals surface area (Å²) in [7, 11) is 0. The van der Waals surface area contributed by atoms with Gasteiger partial charge in [-0.3, -0.25) is 4.79 Å². The van der Waals surface area contributed by atoms with Gasteiger partial charge in [0.15, 0.2) is 6.29 Å². The van der Waals surface area contributed by atoms with E-state index in [0.717, 1.165) is 24.8 Å². The number of carbonyl (C=O) groups excluding carboxylic acids is 1. The van der Waals surface area contributed by atoms with Crippen LogP contribution in [-0.2, 0) is 19.3 Å². The SMILES string of the molecule is O=Cc1[nH]c2c(c1CCCN1CCCC1)CCCC2. The van der Waals surface area contributed by atoms with E-state index in [1.165, 1.54) is 75.0 Å². The van der Waals surface area contributed by atoms with Gasteiger partial charge in [0.25, 0.3) is 0 Å². The number of rotatable bonds is 5. The number of likely N-dealkylation sites (tertiary alicyclic amines) is 1. The number of aromatic nitrogens is 1. The molecular weight excluding hydrogens is 236 g/mol. The highest BCUT2D eigenvalue weighted by Gasteiger charge is 2.19. The van der Waals surface area contributed by atoms with Crippen molar-refractivity contribution >= 4 is 6.29 Å². The average Bonchev–Trinajstić information content (AvgIpc) is 3.06.